The number of epoxide rings is 1. The highest BCUT2D eigenvalue weighted by molar-refractivity contribution is 7.18. The summed E-state index contributed by atoms with van der Waals surface area (Å²) in [5, 5.41) is 4.91. The summed E-state index contributed by atoms with van der Waals surface area (Å²) in [4.78, 5) is 61.4. The van der Waals surface area contributed by atoms with Crippen LogP contribution in [0.2, 0.25) is 0 Å². The molecule has 2 atom stereocenters. The van der Waals surface area contributed by atoms with Crippen LogP contribution in [0, 0.1) is 5.82 Å². The third kappa shape index (κ3) is 6.95. The maximum Gasteiger partial charge on any atom is 0.357 e. The number of carbonyl (C=O) groups excluding carboxylic acids is 4. The van der Waals surface area contributed by atoms with Crippen molar-refractivity contribution < 1.29 is 33.0 Å². The molecular weight excluding hydrogens is 620 g/mol. The standard InChI is InChI=1S/C32H25FN4O6S2/c1-2-42-31(41)23-17-44-32(35-23)36-29(39)27-28(43-27)30(40)37(16-18-7-11-20(33)12-8-18)21-13-9-19(10-14-21)24(38)15-26-34-22-5-3-4-6-25(22)45-26/h3-14,17,27-28H,2,15-16H2,1H3,(H,35,36,39)/t27-,28-/m0/s1. The third-order valence-electron chi connectivity index (χ3n) is 6.88. The number of thiazole rings is 2. The molecule has 0 unspecified atom stereocenters. The summed E-state index contributed by atoms with van der Waals surface area (Å²) in [7, 11) is 0. The fourth-order valence-corrected chi connectivity index (χ4v) is 6.24. The quantitative estimate of drug-likeness (QED) is 0.114. The zero-order chi connectivity index (χ0) is 31.5. The van der Waals surface area contributed by atoms with Gasteiger partial charge in [-0.25, -0.2) is 19.2 Å². The Morgan fingerprint density at radius 2 is 1.73 bits per heavy atom. The lowest BCUT2D eigenvalue weighted by atomic mass is 10.1. The molecule has 228 valence electrons. The molecule has 45 heavy (non-hydrogen) atoms. The van der Waals surface area contributed by atoms with Crippen LogP contribution < -0.4 is 10.2 Å². The van der Waals surface area contributed by atoms with Crippen molar-refractivity contribution in [2.75, 3.05) is 16.8 Å². The second-order valence-electron chi connectivity index (χ2n) is 10.00. The number of aromatic nitrogens is 2. The highest BCUT2D eigenvalue weighted by Gasteiger charge is 2.52. The van der Waals surface area contributed by atoms with Crippen LogP contribution in [-0.2, 0) is 32.0 Å². The minimum absolute atomic E-state index is 0.0639. The molecule has 0 bridgehead atoms. The Morgan fingerprint density at radius 1 is 0.978 bits per heavy atom. The van der Waals surface area contributed by atoms with Gasteiger partial charge in [-0.3, -0.25) is 19.7 Å². The lowest BCUT2D eigenvalue weighted by Crippen LogP contribution is -2.36. The van der Waals surface area contributed by atoms with Crippen LogP contribution in [-0.4, -0.2) is 52.3 Å². The number of Topliss-reactive ketones (excluding diaryl/α,β-unsaturated/α-hetero) is 1. The minimum Gasteiger partial charge on any atom is -0.461 e. The van der Waals surface area contributed by atoms with Crippen molar-refractivity contribution in [3.05, 3.63) is 106 Å². The average molecular weight is 645 g/mol. The Bertz CT molecular complexity index is 1860. The molecule has 0 spiro atoms. The normalized spacial score (nSPS) is 15.4. The number of fused-ring (bicyclic) bond motifs is 1. The molecule has 2 amide bonds. The van der Waals surface area contributed by atoms with Crippen molar-refractivity contribution in [1.29, 1.82) is 0 Å². The number of halogens is 1. The number of ketones is 1. The van der Waals surface area contributed by atoms with Crippen LogP contribution in [0.25, 0.3) is 10.2 Å². The maximum absolute atomic E-state index is 13.7. The SMILES string of the molecule is CCOC(=O)c1csc(NC(=O)[C@H]2O[C@@H]2C(=O)N(Cc2ccc(F)cc2)c2ccc(C(=O)Cc3nc4ccccc4s3)cc2)n1. The second kappa shape index (κ2) is 13.0. The van der Waals surface area contributed by atoms with Gasteiger partial charge >= 0.3 is 5.97 Å². The number of hydrogen-bond acceptors (Lipinski definition) is 10. The molecule has 10 nitrogen and oxygen atoms in total. The number of carbonyl (C=O) groups is 4. The van der Waals surface area contributed by atoms with Crippen LogP contribution in [0.5, 0.6) is 0 Å². The first-order valence-electron chi connectivity index (χ1n) is 13.9. The molecule has 2 aromatic heterocycles. The van der Waals surface area contributed by atoms with Gasteiger partial charge in [-0.05, 0) is 61.0 Å². The van der Waals surface area contributed by atoms with E-state index in [1.807, 2.05) is 24.3 Å². The summed E-state index contributed by atoms with van der Waals surface area (Å²) < 4.78 is 25.0. The number of benzene rings is 3. The van der Waals surface area contributed by atoms with E-state index in [0.29, 0.717) is 21.8 Å². The molecule has 0 aliphatic carbocycles. The van der Waals surface area contributed by atoms with Gasteiger partial charge in [0.15, 0.2) is 28.8 Å². The number of nitrogens with one attached hydrogen (secondary N) is 1. The number of amides is 2. The van der Waals surface area contributed by atoms with Gasteiger partial charge in [-0.2, -0.15) is 0 Å². The summed E-state index contributed by atoms with van der Waals surface area (Å²) >= 11 is 2.51. The van der Waals surface area contributed by atoms with Gasteiger partial charge in [0.05, 0.1) is 29.8 Å². The van der Waals surface area contributed by atoms with Crippen LogP contribution in [0.15, 0.2) is 78.2 Å². The van der Waals surface area contributed by atoms with Gasteiger partial charge in [0.1, 0.15) is 10.8 Å². The number of esters is 1. The van der Waals surface area contributed by atoms with E-state index < -0.39 is 35.8 Å². The zero-order valence-electron chi connectivity index (χ0n) is 23.8. The van der Waals surface area contributed by atoms with Crippen molar-refractivity contribution in [2.24, 2.45) is 0 Å². The maximum atomic E-state index is 13.7. The van der Waals surface area contributed by atoms with Gasteiger partial charge in [-0.1, -0.05) is 24.3 Å². The number of nitrogens with zero attached hydrogens (tertiary/aromatic N) is 3. The van der Waals surface area contributed by atoms with Gasteiger partial charge in [0.25, 0.3) is 11.8 Å². The summed E-state index contributed by atoms with van der Waals surface area (Å²) in [6.07, 6.45) is -2.00. The van der Waals surface area contributed by atoms with Gasteiger partial charge in [0, 0.05) is 16.6 Å². The average Bonchev–Trinajstić information content (AvgIpc) is 3.53. The molecule has 1 aliphatic heterocycles. The van der Waals surface area contributed by atoms with Crippen molar-refractivity contribution in [3.8, 4) is 0 Å². The van der Waals surface area contributed by atoms with Crippen molar-refractivity contribution in [3.63, 3.8) is 0 Å². The second-order valence-corrected chi connectivity index (χ2v) is 12.0. The Labute approximate surface area is 264 Å². The minimum atomic E-state index is -1.07. The summed E-state index contributed by atoms with van der Waals surface area (Å²) in [5.74, 6) is -2.21. The lowest BCUT2D eigenvalue weighted by Gasteiger charge is -2.23. The third-order valence-corrected chi connectivity index (χ3v) is 8.68. The van der Waals surface area contributed by atoms with Gasteiger partial charge < -0.3 is 14.4 Å². The number of anilines is 2. The fourth-order valence-electron chi connectivity index (χ4n) is 4.59. The molecule has 1 fully saturated rings. The molecule has 3 heterocycles. The van der Waals surface area contributed by atoms with Crippen LogP contribution in [0.4, 0.5) is 15.2 Å². The van der Waals surface area contributed by atoms with Gasteiger partial charge in [-0.15, -0.1) is 22.7 Å². The molecule has 13 heteroatoms. The van der Waals surface area contributed by atoms with Crippen molar-refractivity contribution in [2.45, 2.75) is 32.1 Å². The van der Waals surface area contributed by atoms with E-state index in [0.717, 1.165) is 21.6 Å². The number of rotatable bonds is 11. The summed E-state index contributed by atoms with van der Waals surface area (Å²) in [6, 6.07) is 20.0. The summed E-state index contributed by atoms with van der Waals surface area (Å²) in [5.41, 5.74) is 2.48. The number of para-hydroxylation sites is 1. The lowest BCUT2D eigenvalue weighted by molar-refractivity contribution is -0.120. The molecule has 0 saturated carbocycles. The van der Waals surface area contributed by atoms with E-state index in [1.165, 1.54) is 33.7 Å². The fraction of sp³-hybridized carbons (Fsp3) is 0.188. The van der Waals surface area contributed by atoms with E-state index in [4.69, 9.17) is 9.47 Å². The number of ether oxygens (including phenoxy) is 2. The van der Waals surface area contributed by atoms with E-state index in [9.17, 15) is 23.6 Å². The highest BCUT2D eigenvalue weighted by atomic mass is 32.1. The molecule has 1 saturated heterocycles. The topological polar surface area (TPSA) is 131 Å². The molecule has 0 radical (unpaired) electrons. The molecule has 5 aromatic rings. The van der Waals surface area contributed by atoms with E-state index in [-0.39, 0.29) is 36.2 Å². The molecule has 6 rings (SSSR count). The Kier molecular flexibility index (Phi) is 8.74. The zero-order valence-corrected chi connectivity index (χ0v) is 25.4. The number of hydrogen-bond donors (Lipinski definition) is 1. The predicted molar refractivity (Wildman–Crippen MR) is 167 cm³/mol. The molecular formula is C32H25FN4O6S2. The first kappa shape index (κ1) is 30.2. The Hall–Kier alpha value is -4.85. The van der Waals surface area contributed by atoms with Gasteiger partial charge in [0.2, 0.25) is 0 Å². The Morgan fingerprint density at radius 3 is 2.47 bits per heavy atom. The molecule has 1 N–H and O–H groups in total. The summed E-state index contributed by atoms with van der Waals surface area (Å²) in [6.45, 7) is 1.93. The monoisotopic (exact) mass is 644 g/mol. The first-order chi connectivity index (χ1) is 21.8. The largest absolute Gasteiger partial charge is 0.461 e. The van der Waals surface area contributed by atoms with E-state index >= 15 is 0 Å². The van der Waals surface area contributed by atoms with Crippen LogP contribution in [0.3, 0.4) is 0 Å². The molecule has 1 aliphatic rings. The van der Waals surface area contributed by atoms with Crippen LogP contribution >= 0.6 is 22.7 Å². The van der Waals surface area contributed by atoms with E-state index in [1.54, 1.807) is 43.3 Å². The molecule has 3 aromatic carbocycles. The first-order valence-corrected chi connectivity index (χ1v) is 15.6. The van der Waals surface area contributed by atoms with Crippen molar-refractivity contribution in [1.82, 2.24) is 9.97 Å². The highest BCUT2D eigenvalue weighted by Crippen LogP contribution is 2.30. The smallest absolute Gasteiger partial charge is 0.357 e. The van der Waals surface area contributed by atoms with Crippen LogP contribution in [0.1, 0.15) is 38.3 Å². The predicted octanol–water partition coefficient (Wildman–Crippen LogP) is 5.43. The van der Waals surface area contributed by atoms with E-state index in [2.05, 4.69) is 15.3 Å². The Balaban J connectivity index is 1.15. The van der Waals surface area contributed by atoms with Crippen molar-refractivity contribution >= 4 is 67.3 Å².